The molecule has 0 amide bonds. The van der Waals surface area contributed by atoms with Gasteiger partial charge in [0.1, 0.15) is 0 Å². The summed E-state index contributed by atoms with van der Waals surface area (Å²) >= 11 is 0. The van der Waals surface area contributed by atoms with Gasteiger partial charge in [-0.15, -0.1) is 0 Å². The molecule has 0 bridgehead atoms. The van der Waals surface area contributed by atoms with Crippen molar-refractivity contribution in [2.45, 2.75) is 50.4 Å². The molecule has 3 rings (SSSR count). The molecule has 1 unspecified atom stereocenters. The highest BCUT2D eigenvalue weighted by atomic mass is 16.4. The van der Waals surface area contributed by atoms with E-state index in [4.69, 9.17) is 0 Å². The van der Waals surface area contributed by atoms with E-state index in [1.165, 1.54) is 24.8 Å². The van der Waals surface area contributed by atoms with Crippen LogP contribution in [0.5, 0.6) is 0 Å². The summed E-state index contributed by atoms with van der Waals surface area (Å²) in [5, 5.41) is 9.80. The molecule has 96 valence electrons. The number of rotatable bonds is 3. The zero-order valence-corrected chi connectivity index (χ0v) is 10.7. The highest BCUT2D eigenvalue weighted by Gasteiger charge is 2.45. The molecule has 1 aromatic carbocycles. The number of benzene rings is 1. The van der Waals surface area contributed by atoms with Crippen LogP contribution in [-0.2, 0) is 16.6 Å². The summed E-state index contributed by atoms with van der Waals surface area (Å²) in [6, 6.07) is 8.16. The first kappa shape index (κ1) is 11.8. The van der Waals surface area contributed by atoms with Gasteiger partial charge in [0.2, 0.25) is 0 Å². The Balaban J connectivity index is 2.01. The van der Waals surface area contributed by atoms with Crippen LogP contribution in [0.1, 0.15) is 49.7 Å². The van der Waals surface area contributed by atoms with E-state index in [1.54, 1.807) is 0 Å². The molecule has 0 aliphatic heterocycles. The summed E-state index contributed by atoms with van der Waals surface area (Å²) in [5.74, 6) is 0.0220. The van der Waals surface area contributed by atoms with E-state index in [1.807, 2.05) is 18.2 Å². The molecule has 2 heteroatoms. The Bertz CT molecular complexity index is 462. The summed E-state index contributed by atoms with van der Waals surface area (Å²) < 4.78 is 0. The lowest BCUT2D eigenvalue weighted by atomic mass is 9.63. The third-order valence-electron chi connectivity index (χ3n) is 4.85. The molecule has 0 spiro atoms. The van der Waals surface area contributed by atoms with Crippen molar-refractivity contribution in [1.82, 2.24) is 0 Å². The van der Waals surface area contributed by atoms with E-state index in [-0.39, 0.29) is 0 Å². The van der Waals surface area contributed by atoms with E-state index in [9.17, 15) is 9.90 Å². The minimum absolute atomic E-state index is 0.597. The predicted octanol–water partition coefficient (Wildman–Crippen LogP) is 3.54. The van der Waals surface area contributed by atoms with Gasteiger partial charge in [0.25, 0.3) is 0 Å². The van der Waals surface area contributed by atoms with E-state index >= 15 is 0 Å². The Morgan fingerprint density at radius 3 is 2.72 bits per heavy atom. The molecule has 0 heterocycles. The molecule has 2 aliphatic rings. The molecule has 0 aromatic heterocycles. The van der Waals surface area contributed by atoms with Gasteiger partial charge in [-0.05, 0) is 42.7 Å². The average molecular weight is 244 g/mol. The summed E-state index contributed by atoms with van der Waals surface area (Å²) in [5.41, 5.74) is 1.75. The first-order valence-corrected chi connectivity index (χ1v) is 7.04. The maximum atomic E-state index is 11.9. The maximum Gasteiger partial charge on any atom is 0.314 e. The minimum Gasteiger partial charge on any atom is -0.481 e. The van der Waals surface area contributed by atoms with Crippen molar-refractivity contribution in [3.8, 4) is 0 Å². The monoisotopic (exact) mass is 244 g/mol. The fourth-order valence-electron chi connectivity index (χ4n) is 3.63. The lowest BCUT2D eigenvalue weighted by Crippen LogP contribution is -2.41. The Labute approximate surface area is 108 Å². The van der Waals surface area contributed by atoms with Crippen LogP contribution in [0.2, 0.25) is 0 Å². The standard InChI is InChI=1S/C16H20O2/c17-15(18)16(11-12-5-3-6-12)10-4-8-13-7-1-2-9-14(13)16/h1-2,7,9,12H,3-6,8,10-11H2,(H,17,18). The van der Waals surface area contributed by atoms with Gasteiger partial charge < -0.3 is 5.11 Å². The SMILES string of the molecule is O=C(O)C1(CC2CCC2)CCCc2ccccc21. The number of carboxylic acids is 1. The van der Waals surface area contributed by atoms with Crippen molar-refractivity contribution in [3.05, 3.63) is 35.4 Å². The summed E-state index contributed by atoms with van der Waals surface area (Å²) in [7, 11) is 0. The van der Waals surface area contributed by atoms with Gasteiger partial charge in [-0.3, -0.25) is 4.79 Å². The highest BCUT2D eigenvalue weighted by molar-refractivity contribution is 5.82. The largest absolute Gasteiger partial charge is 0.481 e. The summed E-state index contributed by atoms with van der Waals surface area (Å²) in [6.45, 7) is 0. The predicted molar refractivity (Wildman–Crippen MR) is 70.7 cm³/mol. The Hall–Kier alpha value is -1.31. The van der Waals surface area contributed by atoms with Gasteiger partial charge in [-0.2, -0.15) is 0 Å². The summed E-state index contributed by atoms with van der Waals surface area (Å²) in [6.07, 6.45) is 7.43. The lowest BCUT2D eigenvalue weighted by Gasteiger charge is -2.40. The maximum absolute atomic E-state index is 11.9. The van der Waals surface area contributed by atoms with Gasteiger partial charge in [-0.25, -0.2) is 0 Å². The highest BCUT2D eigenvalue weighted by Crippen LogP contribution is 2.46. The summed E-state index contributed by atoms with van der Waals surface area (Å²) in [4.78, 5) is 11.9. The van der Waals surface area contributed by atoms with E-state index in [0.717, 1.165) is 31.2 Å². The molecule has 1 fully saturated rings. The van der Waals surface area contributed by atoms with Crippen molar-refractivity contribution in [2.24, 2.45) is 5.92 Å². The van der Waals surface area contributed by atoms with Crippen molar-refractivity contribution in [2.75, 3.05) is 0 Å². The first-order chi connectivity index (χ1) is 8.72. The number of aryl methyl sites for hydroxylation is 1. The third kappa shape index (κ3) is 1.75. The molecule has 1 N–H and O–H groups in total. The van der Waals surface area contributed by atoms with Gasteiger partial charge in [0.15, 0.2) is 0 Å². The smallest absolute Gasteiger partial charge is 0.314 e. The van der Waals surface area contributed by atoms with Crippen LogP contribution >= 0.6 is 0 Å². The van der Waals surface area contributed by atoms with E-state index in [2.05, 4.69) is 6.07 Å². The number of carboxylic acid groups (broad SMARTS) is 1. The zero-order valence-electron chi connectivity index (χ0n) is 10.7. The Morgan fingerprint density at radius 2 is 2.06 bits per heavy atom. The molecule has 2 nitrogen and oxygen atoms in total. The molecule has 0 saturated heterocycles. The number of carbonyl (C=O) groups is 1. The Morgan fingerprint density at radius 1 is 1.28 bits per heavy atom. The van der Waals surface area contributed by atoms with Crippen molar-refractivity contribution in [3.63, 3.8) is 0 Å². The van der Waals surface area contributed by atoms with Crippen molar-refractivity contribution < 1.29 is 9.90 Å². The second-order valence-electron chi connectivity index (χ2n) is 5.90. The number of aliphatic carboxylic acids is 1. The minimum atomic E-state index is -0.610. The van der Waals surface area contributed by atoms with Crippen LogP contribution in [-0.4, -0.2) is 11.1 Å². The van der Waals surface area contributed by atoms with Gasteiger partial charge >= 0.3 is 5.97 Å². The second kappa shape index (κ2) is 4.42. The number of hydrogen-bond acceptors (Lipinski definition) is 1. The molecule has 1 aromatic rings. The van der Waals surface area contributed by atoms with Crippen LogP contribution in [0.4, 0.5) is 0 Å². The van der Waals surface area contributed by atoms with E-state index < -0.39 is 11.4 Å². The molecule has 1 atom stereocenters. The van der Waals surface area contributed by atoms with Crippen molar-refractivity contribution >= 4 is 5.97 Å². The molecule has 18 heavy (non-hydrogen) atoms. The fourth-order valence-corrected chi connectivity index (χ4v) is 3.63. The molecule has 1 saturated carbocycles. The fraction of sp³-hybridized carbons (Fsp3) is 0.562. The number of hydrogen-bond donors (Lipinski definition) is 1. The topological polar surface area (TPSA) is 37.3 Å². The second-order valence-corrected chi connectivity index (χ2v) is 5.90. The van der Waals surface area contributed by atoms with Crippen LogP contribution in [0.25, 0.3) is 0 Å². The lowest BCUT2D eigenvalue weighted by molar-refractivity contribution is -0.145. The molecule has 0 radical (unpaired) electrons. The molecular formula is C16H20O2. The van der Waals surface area contributed by atoms with Gasteiger partial charge in [0.05, 0.1) is 5.41 Å². The third-order valence-corrected chi connectivity index (χ3v) is 4.85. The van der Waals surface area contributed by atoms with Gasteiger partial charge in [-0.1, -0.05) is 43.5 Å². The van der Waals surface area contributed by atoms with Gasteiger partial charge in [0, 0.05) is 0 Å². The number of fused-ring (bicyclic) bond motifs is 1. The Kier molecular flexibility index (Phi) is 2.89. The van der Waals surface area contributed by atoms with Crippen LogP contribution in [0.15, 0.2) is 24.3 Å². The quantitative estimate of drug-likeness (QED) is 0.883. The average Bonchev–Trinajstić information content (AvgIpc) is 2.33. The van der Waals surface area contributed by atoms with Crippen LogP contribution < -0.4 is 0 Å². The zero-order chi connectivity index (χ0) is 12.6. The van der Waals surface area contributed by atoms with Crippen LogP contribution in [0, 0.1) is 5.92 Å². The van der Waals surface area contributed by atoms with Crippen molar-refractivity contribution in [1.29, 1.82) is 0 Å². The molecule has 2 aliphatic carbocycles. The van der Waals surface area contributed by atoms with E-state index in [0.29, 0.717) is 5.92 Å². The first-order valence-electron chi connectivity index (χ1n) is 7.04. The van der Waals surface area contributed by atoms with Crippen LogP contribution in [0.3, 0.4) is 0 Å². The normalized spacial score (nSPS) is 27.3. The molecular weight excluding hydrogens is 224 g/mol.